The largest absolute Gasteiger partial charge is 0.273 e. The van der Waals surface area contributed by atoms with Crippen LogP contribution >= 0.6 is 0 Å². The van der Waals surface area contributed by atoms with Gasteiger partial charge in [0.15, 0.2) is 9.84 Å². The van der Waals surface area contributed by atoms with Crippen LogP contribution < -0.4 is 5.43 Å². The lowest BCUT2D eigenvalue weighted by Crippen LogP contribution is -2.22. The first-order valence-corrected chi connectivity index (χ1v) is 8.23. The molecule has 1 aromatic rings. The Morgan fingerprint density at radius 3 is 2.90 bits per heavy atom. The molecule has 1 N–H and O–H groups in total. The van der Waals surface area contributed by atoms with Gasteiger partial charge in [0.1, 0.15) is 0 Å². The zero-order valence-electron chi connectivity index (χ0n) is 11.2. The number of rotatable bonds is 4. The van der Waals surface area contributed by atoms with Gasteiger partial charge in [-0.2, -0.15) is 5.10 Å². The predicted octanol–water partition coefficient (Wildman–Crippen LogP) is 0.747. The SMILES string of the molecule is C/C(=N/NC(=O)C[C@H]1CCS(=O)(=O)C1)c1ccccn1. The Morgan fingerprint density at radius 2 is 2.30 bits per heavy atom. The van der Waals surface area contributed by atoms with Gasteiger partial charge in [0.05, 0.1) is 22.9 Å². The lowest BCUT2D eigenvalue weighted by molar-refractivity contribution is -0.121. The molecule has 1 aromatic heterocycles. The molecule has 1 fully saturated rings. The van der Waals surface area contributed by atoms with Crippen LogP contribution in [0.4, 0.5) is 0 Å². The first-order chi connectivity index (χ1) is 9.46. The smallest absolute Gasteiger partial charge is 0.240 e. The molecule has 1 aliphatic rings. The van der Waals surface area contributed by atoms with Crippen molar-refractivity contribution in [3.05, 3.63) is 30.1 Å². The molecule has 2 rings (SSSR count). The summed E-state index contributed by atoms with van der Waals surface area (Å²) >= 11 is 0. The molecule has 7 heteroatoms. The van der Waals surface area contributed by atoms with Crippen molar-refractivity contribution in [2.24, 2.45) is 11.0 Å². The maximum absolute atomic E-state index is 11.7. The molecule has 1 aliphatic heterocycles. The molecule has 1 atom stereocenters. The number of nitrogens with one attached hydrogen (secondary N) is 1. The average Bonchev–Trinajstić information content (AvgIpc) is 2.76. The van der Waals surface area contributed by atoms with Crippen molar-refractivity contribution in [1.29, 1.82) is 0 Å². The number of hydrogen-bond acceptors (Lipinski definition) is 5. The van der Waals surface area contributed by atoms with E-state index < -0.39 is 9.84 Å². The second kappa shape index (κ2) is 6.13. The number of sulfone groups is 1. The zero-order chi connectivity index (χ0) is 14.6. The van der Waals surface area contributed by atoms with Crippen molar-refractivity contribution in [3.63, 3.8) is 0 Å². The van der Waals surface area contributed by atoms with E-state index in [-0.39, 0.29) is 29.8 Å². The number of carbonyl (C=O) groups excluding carboxylic acids is 1. The summed E-state index contributed by atoms with van der Waals surface area (Å²) in [5.41, 5.74) is 3.75. The summed E-state index contributed by atoms with van der Waals surface area (Å²) in [6.07, 6.45) is 2.40. The van der Waals surface area contributed by atoms with Crippen LogP contribution in [0.25, 0.3) is 0 Å². The molecule has 0 saturated carbocycles. The molecular weight excluding hydrogens is 278 g/mol. The summed E-state index contributed by atoms with van der Waals surface area (Å²) in [5, 5.41) is 3.98. The number of carbonyl (C=O) groups is 1. The molecule has 0 bridgehead atoms. The van der Waals surface area contributed by atoms with Crippen molar-refractivity contribution in [2.75, 3.05) is 11.5 Å². The van der Waals surface area contributed by atoms with Gasteiger partial charge in [-0.1, -0.05) is 6.07 Å². The van der Waals surface area contributed by atoms with Crippen LogP contribution in [-0.2, 0) is 14.6 Å². The Labute approximate surface area is 118 Å². The van der Waals surface area contributed by atoms with Crippen LogP contribution in [0.15, 0.2) is 29.5 Å². The van der Waals surface area contributed by atoms with E-state index in [4.69, 9.17) is 0 Å². The highest BCUT2D eigenvalue weighted by Crippen LogP contribution is 2.21. The third kappa shape index (κ3) is 4.12. The number of hydrogen-bond donors (Lipinski definition) is 1. The van der Waals surface area contributed by atoms with Gasteiger partial charge >= 0.3 is 0 Å². The fraction of sp³-hybridized carbons (Fsp3) is 0.462. The molecule has 0 unspecified atom stereocenters. The quantitative estimate of drug-likeness (QED) is 0.655. The molecule has 0 radical (unpaired) electrons. The lowest BCUT2D eigenvalue weighted by atomic mass is 10.1. The maximum atomic E-state index is 11.7. The van der Waals surface area contributed by atoms with Crippen LogP contribution in [0.1, 0.15) is 25.5 Å². The molecule has 0 spiro atoms. The first kappa shape index (κ1) is 14.6. The highest BCUT2D eigenvalue weighted by atomic mass is 32.2. The summed E-state index contributed by atoms with van der Waals surface area (Å²) in [5.74, 6) is -0.0717. The van der Waals surface area contributed by atoms with E-state index in [0.29, 0.717) is 17.8 Å². The summed E-state index contributed by atoms with van der Waals surface area (Å²) in [6.45, 7) is 1.75. The number of amides is 1. The minimum Gasteiger partial charge on any atom is -0.273 e. The standard InChI is InChI=1S/C13H17N3O3S/c1-10(12-4-2-3-6-14-12)15-16-13(17)8-11-5-7-20(18,19)9-11/h2-4,6,11H,5,7-9H2,1H3,(H,16,17)/b15-10-/t11-/m1/s1. The summed E-state index contributed by atoms with van der Waals surface area (Å²) in [6, 6.07) is 5.44. The Hall–Kier alpha value is -1.76. The van der Waals surface area contributed by atoms with Crippen LogP contribution in [0, 0.1) is 5.92 Å². The molecule has 0 aliphatic carbocycles. The molecule has 20 heavy (non-hydrogen) atoms. The van der Waals surface area contributed by atoms with Crippen LogP contribution in [0.5, 0.6) is 0 Å². The van der Waals surface area contributed by atoms with Crippen molar-refractivity contribution < 1.29 is 13.2 Å². The molecule has 2 heterocycles. The summed E-state index contributed by atoms with van der Waals surface area (Å²) in [7, 11) is -2.94. The third-order valence-corrected chi connectivity index (χ3v) is 5.02. The fourth-order valence-electron chi connectivity index (χ4n) is 2.12. The Kier molecular flexibility index (Phi) is 4.49. The van der Waals surface area contributed by atoms with Crippen LogP contribution in [0.2, 0.25) is 0 Å². The van der Waals surface area contributed by atoms with Gasteiger partial charge in [0, 0.05) is 12.6 Å². The van der Waals surface area contributed by atoms with E-state index >= 15 is 0 Å². The van der Waals surface area contributed by atoms with Crippen molar-refractivity contribution in [1.82, 2.24) is 10.4 Å². The highest BCUT2D eigenvalue weighted by molar-refractivity contribution is 7.91. The second-order valence-corrected chi connectivity index (χ2v) is 7.15. The predicted molar refractivity (Wildman–Crippen MR) is 76.0 cm³/mol. The summed E-state index contributed by atoms with van der Waals surface area (Å²) < 4.78 is 22.6. The average molecular weight is 295 g/mol. The van der Waals surface area contributed by atoms with E-state index in [1.165, 1.54) is 0 Å². The topological polar surface area (TPSA) is 88.5 Å². The van der Waals surface area contributed by atoms with Crippen molar-refractivity contribution >= 4 is 21.5 Å². The number of pyridine rings is 1. The van der Waals surface area contributed by atoms with Gasteiger partial charge in [-0.3, -0.25) is 9.78 Å². The van der Waals surface area contributed by atoms with Gasteiger partial charge in [-0.05, 0) is 31.4 Å². The molecule has 1 saturated heterocycles. The molecule has 0 aromatic carbocycles. The minimum atomic E-state index is -2.94. The Balaban J connectivity index is 1.86. The fourth-order valence-corrected chi connectivity index (χ4v) is 3.98. The number of nitrogens with zero attached hydrogens (tertiary/aromatic N) is 2. The normalized spacial score (nSPS) is 21.6. The number of hydrazone groups is 1. The minimum absolute atomic E-state index is 0.0923. The van der Waals surface area contributed by atoms with Gasteiger partial charge in [0.2, 0.25) is 5.91 Å². The van der Waals surface area contributed by atoms with E-state index in [9.17, 15) is 13.2 Å². The Bertz CT molecular complexity index is 611. The summed E-state index contributed by atoms with van der Waals surface area (Å²) in [4.78, 5) is 15.8. The lowest BCUT2D eigenvalue weighted by Gasteiger charge is -2.06. The van der Waals surface area contributed by atoms with Gasteiger partial charge < -0.3 is 0 Å². The van der Waals surface area contributed by atoms with Gasteiger partial charge in [-0.25, -0.2) is 13.8 Å². The van der Waals surface area contributed by atoms with Gasteiger partial charge in [-0.15, -0.1) is 0 Å². The number of aromatic nitrogens is 1. The molecule has 6 nitrogen and oxygen atoms in total. The molecular formula is C13H17N3O3S. The second-order valence-electron chi connectivity index (χ2n) is 4.92. The van der Waals surface area contributed by atoms with Crippen LogP contribution in [-0.4, -0.2) is 36.5 Å². The van der Waals surface area contributed by atoms with E-state index in [1.807, 2.05) is 6.07 Å². The van der Waals surface area contributed by atoms with E-state index in [0.717, 1.165) is 0 Å². The van der Waals surface area contributed by atoms with Crippen molar-refractivity contribution in [3.8, 4) is 0 Å². The zero-order valence-corrected chi connectivity index (χ0v) is 12.1. The van der Waals surface area contributed by atoms with Crippen molar-refractivity contribution in [2.45, 2.75) is 19.8 Å². The monoisotopic (exact) mass is 295 g/mol. The van der Waals surface area contributed by atoms with Crippen LogP contribution in [0.3, 0.4) is 0 Å². The van der Waals surface area contributed by atoms with Gasteiger partial charge in [0.25, 0.3) is 0 Å². The first-order valence-electron chi connectivity index (χ1n) is 6.41. The molecule has 108 valence electrons. The van der Waals surface area contributed by atoms with E-state index in [2.05, 4.69) is 15.5 Å². The molecule has 1 amide bonds. The highest BCUT2D eigenvalue weighted by Gasteiger charge is 2.29. The third-order valence-electron chi connectivity index (χ3n) is 3.18. The maximum Gasteiger partial charge on any atom is 0.240 e. The Morgan fingerprint density at radius 1 is 1.50 bits per heavy atom. The van der Waals surface area contributed by atoms with E-state index in [1.54, 1.807) is 25.3 Å².